The van der Waals surface area contributed by atoms with Gasteiger partial charge in [-0.1, -0.05) is 94.8 Å². The molecule has 0 N–H and O–H groups in total. The smallest absolute Gasteiger partial charge is 0.383 e. The van der Waals surface area contributed by atoms with Crippen molar-refractivity contribution in [3.05, 3.63) is 71.8 Å². The molecule has 0 radical (unpaired) electrons. The van der Waals surface area contributed by atoms with Gasteiger partial charge in [-0.15, -0.1) is 0 Å². The van der Waals surface area contributed by atoms with Crippen LogP contribution in [0.25, 0.3) is 0 Å². The van der Waals surface area contributed by atoms with E-state index in [1.807, 2.05) is 57.2 Å². The number of nitrogens with zero attached hydrogens (tertiary/aromatic N) is 1. The molecule has 1 saturated heterocycles. The van der Waals surface area contributed by atoms with Crippen LogP contribution in [0.3, 0.4) is 0 Å². The molecule has 3 unspecified atom stereocenters. The largest absolute Gasteiger partial charge is 0.461 e. The summed E-state index contributed by atoms with van der Waals surface area (Å²) >= 11 is 0. The highest BCUT2D eigenvalue weighted by Gasteiger charge is 2.56. The molecule has 1 heterocycles. The number of piperidine rings is 1. The number of Topliss-reactive ketones (excluding diaryl/α,β-unsaturated/α-hetero) is 1. The van der Waals surface area contributed by atoms with Crippen LogP contribution in [0.1, 0.15) is 83.3 Å². The summed E-state index contributed by atoms with van der Waals surface area (Å²) in [6.45, 7) is 8.91. The molecule has 2 aromatic rings. The number of hydrogen-bond acceptors (Lipinski definition) is 4. The number of ketones is 1. The average molecular weight is 507 g/mol. The highest BCUT2D eigenvalue weighted by Crippen LogP contribution is 2.39. The standard InChI is InChI=1S/C32H44NO4/c1-5-7-23-37-31(36)28-24-27(26-18-12-9-13-19-26)20-22-33(28,30(35)29(34)32(3,4)6-2)21-14-17-25-15-10-8-11-16-25/h8-13,15-16,18-19,27-28H,5-7,14,17,20-24H2,1-4H3/q+1. The van der Waals surface area contributed by atoms with Crippen molar-refractivity contribution in [3.8, 4) is 0 Å². The van der Waals surface area contributed by atoms with E-state index in [2.05, 4.69) is 31.2 Å². The number of ether oxygens (including phenoxy) is 1. The monoisotopic (exact) mass is 506 g/mol. The van der Waals surface area contributed by atoms with E-state index in [4.69, 9.17) is 4.74 Å². The van der Waals surface area contributed by atoms with Crippen molar-refractivity contribution in [1.82, 2.24) is 0 Å². The first-order valence-electron chi connectivity index (χ1n) is 14.0. The second-order valence-corrected chi connectivity index (χ2v) is 11.1. The molecule has 0 aromatic heterocycles. The number of hydrogen-bond donors (Lipinski definition) is 0. The molecule has 5 nitrogen and oxygen atoms in total. The minimum atomic E-state index is -0.769. The van der Waals surface area contributed by atoms with E-state index < -0.39 is 17.4 Å². The fraction of sp³-hybridized carbons (Fsp3) is 0.531. The summed E-state index contributed by atoms with van der Waals surface area (Å²) in [6.07, 6.45) is 5.03. The fourth-order valence-electron chi connectivity index (χ4n) is 5.34. The number of amides is 1. The molecule has 3 rings (SSSR count). The van der Waals surface area contributed by atoms with Gasteiger partial charge in [0.15, 0.2) is 6.04 Å². The Hall–Kier alpha value is -2.79. The van der Waals surface area contributed by atoms with Crippen molar-refractivity contribution < 1.29 is 23.6 Å². The first-order chi connectivity index (χ1) is 17.7. The van der Waals surface area contributed by atoms with E-state index in [1.165, 1.54) is 11.1 Å². The normalized spacial score (nSPS) is 21.8. The van der Waals surface area contributed by atoms with Crippen LogP contribution in [0.5, 0.6) is 0 Å². The van der Waals surface area contributed by atoms with Gasteiger partial charge in [0.1, 0.15) is 0 Å². The van der Waals surface area contributed by atoms with Gasteiger partial charge >= 0.3 is 11.9 Å². The second-order valence-electron chi connectivity index (χ2n) is 11.1. The van der Waals surface area contributed by atoms with Crippen LogP contribution in [0.2, 0.25) is 0 Å². The third kappa shape index (κ3) is 6.95. The molecule has 2 aromatic carbocycles. The Kier molecular flexibility index (Phi) is 10.2. The van der Waals surface area contributed by atoms with E-state index in [0.29, 0.717) is 39.0 Å². The molecule has 200 valence electrons. The van der Waals surface area contributed by atoms with E-state index in [-0.39, 0.29) is 22.2 Å². The number of carbonyl (C=O) groups is 3. The lowest BCUT2D eigenvalue weighted by atomic mass is 9.80. The van der Waals surface area contributed by atoms with Crippen molar-refractivity contribution in [2.24, 2.45) is 5.41 Å². The van der Waals surface area contributed by atoms with Gasteiger partial charge in [-0.05, 0) is 36.3 Å². The summed E-state index contributed by atoms with van der Waals surface area (Å²) in [5.41, 5.74) is 1.59. The Morgan fingerprint density at radius 1 is 0.946 bits per heavy atom. The van der Waals surface area contributed by atoms with Gasteiger partial charge in [0.05, 0.1) is 19.7 Å². The number of aryl methyl sites for hydroxylation is 1. The molecule has 0 spiro atoms. The lowest BCUT2D eigenvalue weighted by Crippen LogP contribution is -2.68. The zero-order valence-corrected chi connectivity index (χ0v) is 23.1. The molecule has 0 aliphatic carbocycles. The van der Waals surface area contributed by atoms with Crippen LogP contribution in [0.15, 0.2) is 60.7 Å². The van der Waals surface area contributed by atoms with Gasteiger partial charge in [0, 0.05) is 24.7 Å². The predicted octanol–water partition coefficient (Wildman–Crippen LogP) is 6.26. The minimum absolute atomic E-state index is 0.122. The van der Waals surface area contributed by atoms with Gasteiger partial charge < -0.3 is 4.74 Å². The van der Waals surface area contributed by atoms with Gasteiger partial charge in [0.2, 0.25) is 0 Å². The lowest BCUT2D eigenvalue weighted by molar-refractivity contribution is -0.874. The van der Waals surface area contributed by atoms with Gasteiger partial charge in [-0.25, -0.2) is 14.1 Å². The van der Waals surface area contributed by atoms with E-state index in [9.17, 15) is 14.4 Å². The third-order valence-corrected chi connectivity index (χ3v) is 8.23. The van der Waals surface area contributed by atoms with Crippen molar-refractivity contribution in [3.63, 3.8) is 0 Å². The molecule has 1 aliphatic heterocycles. The summed E-state index contributed by atoms with van der Waals surface area (Å²) in [5.74, 6) is -1.00. The number of esters is 1. The Bertz CT molecular complexity index is 1030. The topological polar surface area (TPSA) is 60.4 Å². The number of rotatable bonds is 12. The molecular weight excluding hydrogens is 462 g/mol. The van der Waals surface area contributed by atoms with E-state index >= 15 is 0 Å². The number of carbonyl (C=O) groups excluding carboxylic acids is 3. The van der Waals surface area contributed by atoms with Gasteiger partial charge in [0.25, 0.3) is 5.78 Å². The third-order valence-electron chi connectivity index (χ3n) is 8.23. The van der Waals surface area contributed by atoms with Crippen LogP contribution >= 0.6 is 0 Å². The minimum Gasteiger partial charge on any atom is -0.461 e. The average Bonchev–Trinajstić information content (AvgIpc) is 2.93. The van der Waals surface area contributed by atoms with Crippen LogP contribution in [0, 0.1) is 5.41 Å². The van der Waals surface area contributed by atoms with Crippen molar-refractivity contribution in [2.45, 2.75) is 84.6 Å². The van der Waals surface area contributed by atoms with Crippen molar-refractivity contribution in [1.29, 1.82) is 0 Å². The zero-order valence-electron chi connectivity index (χ0n) is 23.1. The zero-order chi connectivity index (χ0) is 26.9. The molecule has 1 aliphatic rings. The van der Waals surface area contributed by atoms with Crippen molar-refractivity contribution >= 4 is 17.7 Å². The summed E-state index contributed by atoms with van der Waals surface area (Å²) in [6, 6.07) is 19.7. The Balaban J connectivity index is 1.97. The second kappa shape index (κ2) is 13.1. The molecule has 5 heteroatoms. The first-order valence-corrected chi connectivity index (χ1v) is 14.0. The molecule has 3 atom stereocenters. The van der Waals surface area contributed by atoms with E-state index in [0.717, 1.165) is 25.7 Å². The lowest BCUT2D eigenvalue weighted by Gasteiger charge is -2.46. The van der Waals surface area contributed by atoms with Gasteiger partial charge in [-0.3, -0.25) is 4.79 Å². The molecule has 1 amide bonds. The molecule has 0 saturated carbocycles. The van der Waals surface area contributed by atoms with Gasteiger partial charge in [-0.2, -0.15) is 0 Å². The molecule has 1 fully saturated rings. The van der Waals surface area contributed by atoms with Crippen LogP contribution in [-0.4, -0.2) is 47.9 Å². The SMILES string of the molecule is CCCCOC(=O)C1CC(c2ccccc2)CC[N+]1(CCCc1ccccc1)C(=O)C(=O)C(C)(C)CC. The number of likely N-dealkylation sites (tertiary alicyclic amines) is 1. The maximum Gasteiger partial charge on any atom is 0.383 e. The number of benzene rings is 2. The highest BCUT2D eigenvalue weighted by atomic mass is 16.5. The fourth-order valence-corrected chi connectivity index (χ4v) is 5.34. The summed E-state index contributed by atoms with van der Waals surface area (Å²) in [5, 5.41) is 0. The summed E-state index contributed by atoms with van der Waals surface area (Å²) < 4.78 is 5.63. The first kappa shape index (κ1) is 28.8. The van der Waals surface area contributed by atoms with E-state index in [1.54, 1.807) is 0 Å². The molecule has 0 bridgehead atoms. The van der Waals surface area contributed by atoms with Crippen LogP contribution < -0.4 is 0 Å². The Morgan fingerprint density at radius 2 is 1.59 bits per heavy atom. The van der Waals surface area contributed by atoms with Crippen LogP contribution in [0.4, 0.5) is 0 Å². The molecule has 37 heavy (non-hydrogen) atoms. The number of quaternary nitrogens is 1. The molecular formula is C32H44NO4+. The Labute approximate surface area is 222 Å². The van der Waals surface area contributed by atoms with Crippen molar-refractivity contribution in [2.75, 3.05) is 19.7 Å². The van der Waals surface area contributed by atoms with Crippen LogP contribution in [-0.2, 0) is 25.5 Å². The quantitative estimate of drug-likeness (QED) is 0.148. The predicted molar refractivity (Wildman–Crippen MR) is 147 cm³/mol. The maximum absolute atomic E-state index is 14.2. The Morgan fingerprint density at radius 3 is 2.22 bits per heavy atom. The highest BCUT2D eigenvalue weighted by molar-refractivity contribution is 6.35. The number of unbranched alkanes of at least 4 members (excludes halogenated alkanes) is 1. The summed E-state index contributed by atoms with van der Waals surface area (Å²) in [4.78, 5) is 41.4. The summed E-state index contributed by atoms with van der Waals surface area (Å²) in [7, 11) is 0. The maximum atomic E-state index is 14.2.